The van der Waals surface area contributed by atoms with Gasteiger partial charge in [0.2, 0.25) is 0 Å². The second-order valence-corrected chi connectivity index (χ2v) is 4.25. The zero-order valence-corrected chi connectivity index (χ0v) is 11.0. The molecule has 0 aliphatic heterocycles. The van der Waals surface area contributed by atoms with Crippen LogP contribution in [0.5, 0.6) is 0 Å². The smallest absolute Gasteiger partial charge is 0.166 e. The number of nitrogens with one attached hydrogen (secondary N) is 2. The van der Waals surface area contributed by atoms with Gasteiger partial charge in [0.15, 0.2) is 5.11 Å². The lowest BCUT2D eigenvalue weighted by atomic mass is 10.3. The van der Waals surface area contributed by atoms with Crippen molar-refractivity contribution in [2.24, 2.45) is 0 Å². The summed E-state index contributed by atoms with van der Waals surface area (Å²) in [4.78, 5) is 0. The van der Waals surface area contributed by atoms with Crippen LogP contribution in [0.4, 0.5) is 0 Å². The zero-order chi connectivity index (χ0) is 12.0. The molecule has 2 N–H and O–H groups in total. The van der Waals surface area contributed by atoms with Gasteiger partial charge >= 0.3 is 0 Å². The Kier molecular flexibility index (Phi) is 5.25. The number of rotatable bonds is 5. The Morgan fingerprint density at radius 2 is 2.31 bits per heavy atom. The van der Waals surface area contributed by atoms with Gasteiger partial charge in [0.25, 0.3) is 0 Å². The number of aryl methyl sites for hydroxylation is 1. The Hall–Kier alpha value is -1.10. The summed E-state index contributed by atoms with van der Waals surface area (Å²) in [6, 6.07) is 0.415. The van der Waals surface area contributed by atoms with Gasteiger partial charge in [-0.3, -0.25) is 4.68 Å². The monoisotopic (exact) mass is 240 g/mol. The number of hydrogen-bond donors (Lipinski definition) is 2. The first kappa shape index (κ1) is 13.0. The average Bonchev–Trinajstić information content (AvgIpc) is 2.74. The molecule has 1 unspecified atom stereocenters. The van der Waals surface area contributed by atoms with E-state index in [9.17, 15) is 0 Å². The normalized spacial score (nSPS) is 12.2. The van der Waals surface area contributed by atoms with Crippen LogP contribution in [0.15, 0.2) is 12.4 Å². The minimum Gasteiger partial charge on any atom is -0.360 e. The van der Waals surface area contributed by atoms with Gasteiger partial charge in [-0.2, -0.15) is 5.10 Å². The van der Waals surface area contributed by atoms with Gasteiger partial charge in [-0.15, -0.1) is 0 Å². The molecule has 0 bridgehead atoms. The molecule has 0 spiro atoms. The van der Waals surface area contributed by atoms with Gasteiger partial charge < -0.3 is 10.6 Å². The van der Waals surface area contributed by atoms with Crippen LogP contribution in [0.1, 0.15) is 32.8 Å². The molecule has 1 heterocycles. The van der Waals surface area contributed by atoms with Crippen molar-refractivity contribution in [3.05, 3.63) is 18.0 Å². The molecule has 4 nitrogen and oxygen atoms in total. The molecular weight excluding hydrogens is 220 g/mol. The van der Waals surface area contributed by atoms with E-state index in [2.05, 4.69) is 36.5 Å². The van der Waals surface area contributed by atoms with Crippen molar-refractivity contribution in [3.63, 3.8) is 0 Å². The predicted molar refractivity (Wildman–Crippen MR) is 70.2 cm³/mol. The highest BCUT2D eigenvalue weighted by Crippen LogP contribution is 1.97. The maximum Gasteiger partial charge on any atom is 0.166 e. The molecule has 0 fully saturated rings. The Morgan fingerprint density at radius 3 is 2.88 bits per heavy atom. The van der Waals surface area contributed by atoms with Crippen LogP contribution in [0.2, 0.25) is 0 Å². The minimum atomic E-state index is 0.415. The van der Waals surface area contributed by atoms with E-state index in [1.54, 1.807) is 0 Å². The molecule has 0 amide bonds. The van der Waals surface area contributed by atoms with E-state index in [0.29, 0.717) is 11.2 Å². The highest BCUT2D eigenvalue weighted by Gasteiger charge is 2.02. The van der Waals surface area contributed by atoms with E-state index in [0.717, 1.165) is 25.1 Å². The number of hydrogen-bond acceptors (Lipinski definition) is 2. The summed E-state index contributed by atoms with van der Waals surface area (Å²) in [7, 11) is 0. The first-order valence-electron chi connectivity index (χ1n) is 5.71. The Balaban J connectivity index is 2.31. The van der Waals surface area contributed by atoms with Gasteiger partial charge in [-0.1, -0.05) is 6.92 Å². The average molecular weight is 240 g/mol. The molecule has 0 saturated heterocycles. The number of aromatic nitrogens is 2. The molecule has 5 heteroatoms. The summed E-state index contributed by atoms with van der Waals surface area (Å²) in [6.45, 7) is 7.94. The predicted octanol–water partition coefficient (Wildman–Crippen LogP) is 1.67. The van der Waals surface area contributed by atoms with E-state index >= 15 is 0 Å². The third-order valence-corrected chi connectivity index (χ3v) is 2.72. The largest absolute Gasteiger partial charge is 0.360 e. The fourth-order valence-corrected chi connectivity index (χ4v) is 1.50. The van der Waals surface area contributed by atoms with Crippen LogP contribution < -0.4 is 10.6 Å². The van der Waals surface area contributed by atoms with Gasteiger partial charge in [0.05, 0.1) is 6.20 Å². The van der Waals surface area contributed by atoms with Gasteiger partial charge in [-0.05, 0) is 32.5 Å². The van der Waals surface area contributed by atoms with Crippen molar-refractivity contribution in [1.82, 2.24) is 20.4 Å². The summed E-state index contributed by atoms with van der Waals surface area (Å²) >= 11 is 5.18. The van der Waals surface area contributed by atoms with E-state index in [4.69, 9.17) is 12.2 Å². The lowest BCUT2D eigenvalue weighted by molar-refractivity contribution is 0.631. The van der Waals surface area contributed by atoms with Gasteiger partial charge in [0, 0.05) is 30.9 Å². The quantitative estimate of drug-likeness (QED) is 0.768. The lowest BCUT2D eigenvalue weighted by Crippen LogP contribution is -2.39. The topological polar surface area (TPSA) is 41.9 Å². The molecule has 0 aliphatic rings. The molecular formula is C11H20N4S. The third kappa shape index (κ3) is 4.18. The van der Waals surface area contributed by atoms with E-state index in [1.165, 1.54) is 0 Å². The molecule has 1 aromatic heterocycles. The van der Waals surface area contributed by atoms with Gasteiger partial charge in [-0.25, -0.2) is 0 Å². The van der Waals surface area contributed by atoms with Crippen molar-refractivity contribution in [2.45, 2.75) is 46.3 Å². The van der Waals surface area contributed by atoms with Crippen LogP contribution in [-0.4, -0.2) is 20.9 Å². The first-order chi connectivity index (χ1) is 7.65. The van der Waals surface area contributed by atoms with Gasteiger partial charge in [0.1, 0.15) is 0 Å². The summed E-state index contributed by atoms with van der Waals surface area (Å²) in [5.41, 5.74) is 1.15. The molecule has 1 atom stereocenters. The van der Waals surface area contributed by atoms with Crippen molar-refractivity contribution >= 4 is 17.3 Å². The SMILES string of the molecule is CCC(C)NC(=S)NCc1cnn(CC)c1. The number of nitrogens with zero attached hydrogens (tertiary/aromatic N) is 2. The Morgan fingerprint density at radius 1 is 1.56 bits per heavy atom. The van der Waals surface area contributed by atoms with E-state index in [-0.39, 0.29) is 0 Å². The zero-order valence-electron chi connectivity index (χ0n) is 10.2. The third-order valence-electron chi connectivity index (χ3n) is 2.45. The summed E-state index contributed by atoms with van der Waals surface area (Å²) in [5, 5.41) is 11.3. The fourth-order valence-electron chi connectivity index (χ4n) is 1.23. The Bertz CT molecular complexity index is 334. The van der Waals surface area contributed by atoms with Crippen molar-refractivity contribution in [3.8, 4) is 0 Å². The van der Waals surface area contributed by atoms with Crippen LogP contribution >= 0.6 is 12.2 Å². The summed E-state index contributed by atoms with van der Waals surface area (Å²) < 4.78 is 1.90. The van der Waals surface area contributed by atoms with Crippen molar-refractivity contribution in [2.75, 3.05) is 0 Å². The summed E-state index contributed by atoms with van der Waals surface area (Å²) in [5.74, 6) is 0. The molecule has 0 aromatic carbocycles. The molecule has 90 valence electrons. The van der Waals surface area contributed by atoms with E-state index in [1.807, 2.05) is 17.1 Å². The van der Waals surface area contributed by atoms with Crippen LogP contribution in [0.3, 0.4) is 0 Å². The van der Waals surface area contributed by atoms with Crippen LogP contribution in [0.25, 0.3) is 0 Å². The highest BCUT2D eigenvalue weighted by molar-refractivity contribution is 7.80. The molecule has 1 rings (SSSR count). The highest BCUT2D eigenvalue weighted by atomic mass is 32.1. The molecule has 1 aromatic rings. The Labute approximate surface area is 102 Å². The molecule has 16 heavy (non-hydrogen) atoms. The second kappa shape index (κ2) is 6.48. The second-order valence-electron chi connectivity index (χ2n) is 3.84. The van der Waals surface area contributed by atoms with E-state index < -0.39 is 0 Å². The molecule has 0 saturated carbocycles. The fraction of sp³-hybridized carbons (Fsp3) is 0.636. The summed E-state index contributed by atoms with van der Waals surface area (Å²) in [6.07, 6.45) is 4.96. The standard InChI is InChI=1S/C11H20N4S/c1-4-9(3)14-11(16)12-6-10-7-13-15(5-2)8-10/h7-9H,4-6H2,1-3H3,(H2,12,14,16). The minimum absolute atomic E-state index is 0.415. The van der Waals surface area contributed by atoms with Crippen molar-refractivity contribution in [1.29, 1.82) is 0 Å². The van der Waals surface area contributed by atoms with Crippen LogP contribution in [-0.2, 0) is 13.1 Å². The molecule has 0 aliphatic carbocycles. The van der Waals surface area contributed by atoms with Crippen molar-refractivity contribution < 1.29 is 0 Å². The first-order valence-corrected chi connectivity index (χ1v) is 6.12. The maximum absolute atomic E-state index is 5.18. The maximum atomic E-state index is 5.18. The number of thiocarbonyl (C=S) groups is 1. The lowest BCUT2D eigenvalue weighted by Gasteiger charge is -2.14. The van der Waals surface area contributed by atoms with Crippen LogP contribution in [0, 0.1) is 0 Å². The molecule has 0 radical (unpaired) electrons.